The molecule has 1 aromatic carbocycles. The summed E-state index contributed by atoms with van der Waals surface area (Å²) in [6, 6.07) is 5.79. The Morgan fingerprint density at radius 3 is 2.67 bits per heavy atom. The number of carbonyl (C=O) groups is 1. The minimum absolute atomic E-state index is 0.219. The van der Waals surface area contributed by atoms with Gasteiger partial charge in [0.2, 0.25) is 5.91 Å². The molecular weight excluding hydrogens is 307 g/mol. The lowest BCUT2D eigenvalue weighted by molar-refractivity contribution is -0.141. The van der Waals surface area contributed by atoms with Crippen LogP contribution in [-0.2, 0) is 11.3 Å². The number of nitrogens with one attached hydrogen (secondary N) is 1. The van der Waals surface area contributed by atoms with Gasteiger partial charge in [-0.05, 0) is 43.5 Å². The van der Waals surface area contributed by atoms with E-state index in [1.54, 1.807) is 6.07 Å². The van der Waals surface area contributed by atoms with E-state index in [9.17, 15) is 4.79 Å². The maximum absolute atomic E-state index is 12.7. The molecule has 1 saturated carbocycles. The zero-order valence-corrected chi connectivity index (χ0v) is 13.5. The van der Waals surface area contributed by atoms with E-state index in [0.29, 0.717) is 22.5 Å². The molecule has 1 aromatic rings. The summed E-state index contributed by atoms with van der Waals surface area (Å²) < 4.78 is 0. The van der Waals surface area contributed by atoms with Gasteiger partial charge in [0.05, 0.1) is 0 Å². The Morgan fingerprint density at radius 2 is 2.10 bits per heavy atom. The van der Waals surface area contributed by atoms with Crippen LogP contribution in [0.4, 0.5) is 0 Å². The fourth-order valence-electron chi connectivity index (χ4n) is 3.02. The fraction of sp³-hybridized carbons (Fsp3) is 0.562. The molecule has 2 aliphatic rings. The Hall–Kier alpha value is -0.770. The van der Waals surface area contributed by atoms with Crippen LogP contribution < -0.4 is 5.32 Å². The van der Waals surface area contributed by atoms with Crippen LogP contribution in [0.25, 0.3) is 0 Å². The van der Waals surface area contributed by atoms with Crippen LogP contribution in [0.15, 0.2) is 18.2 Å². The molecule has 1 heterocycles. The van der Waals surface area contributed by atoms with E-state index in [2.05, 4.69) is 5.32 Å². The van der Waals surface area contributed by atoms with E-state index in [-0.39, 0.29) is 12.0 Å². The van der Waals surface area contributed by atoms with Crippen molar-refractivity contribution in [2.75, 3.05) is 13.1 Å². The van der Waals surface area contributed by atoms with Crippen molar-refractivity contribution in [1.29, 1.82) is 0 Å². The number of halogens is 2. The number of hydrogen-bond donors (Lipinski definition) is 1. The largest absolute Gasteiger partial charge is 0.334 e. The monoisotopic (exact) mass is 326 g/mol. The highest BCUT2D eigenvalue weighted by Crippen LogP contribution is 2.31. The smallest absolute Gasteiger partial charge is 0.226 e. The summed E-state index contributed by atoms with van der Waals surface area (Å²) in [7, 11) is 0. The summed E-state index contributed by atoms with van der Waals surface area (Å²) in [6.07, 6.45) is 4.26. The van der Waals surface area contributed by atoms with Crippen LogP contribution in [0, 0.1) is 5.92 Å². The number of amides is 1. The quantitative estimate of drug-likeness (QED) is 0.918. The summed E-state index contributed by atoms with van der Waals surface area (Å²) in [5.41, 5.74) is 0.973. The van der Waals surface area contributed by atoms with Crippen molar-refractivity contribution < 1.29 is 4.79 Å². The molecule has 3 rings (SSSR count). The number of benzene rings is 1. The van der Waals surface area contributed by atoms with Gasteiger partial charge in [-0.1, -0.05) is 35.7 Å². The van der Waals surface area contributed by atoms with E-state index < -0.39 is 0 Å². The van der Waals surface area contributed by atoms with Crippen molar-refractivity contribution >= 4 is 29.1 Å². The Morgan fingerprint density at radius 1 is 1.29 bits per heavy atom. The third-order valence-electron chi connectivity index (χ3n) is 4.57. The molecule has 1 N–H and O–H groups in total. The first kappa shape index (κ1) is 15.1. The molecule has 0 bridgehead atoms. The molecular formula is C16H20Cl2N2O. The van der Waals surface area contributed by atoms with Gasteiger partial charge in [0.1, 0.15) is 0 Å². The molecule has 114 valence electrons. The van der Waals surface area contributed by atoms with Crippen molar-refractivity contribution in [2.24, 2.45) is 5.92 Å². The molecule has 1 aliphatic heterocycles. The summed E-state index contributed by atoms with van der Waals surface area (Å²) in [4.78, 5) is 14.8. The summed E-state index contributed by atoms with van der Waals surface area (Å²) in [5.74, 6) is 0.512. The Kier molecular flexibility index (Phi) is 4.72. The molecule has 21 heavy (non-hydrogen) atoms. The molecule has 5 heteroatoms. The third-order valence-corrected chi connectivity index (χ3v) is 5.16. The number of carbonyl (C=O) groups excluding carboxylic acids is 1. The zero-order valence-electron chi connectivity index (χ0n) is 11.9. The van der Waals surface area contributed by atoms with Gasteiger partial charge in [-0.15, -0.1) is 0 Å². The summed E-state index contributed by atoms with van der Waals surface area (Å²) >= 11 is 12.2. The first-order chi connectivity index (χ1) is 10.1. The predicted molar refractivity (Wildman–Crippen MR) is 85.6 cm³/mol. The standard InChI is InChI=1S/C16H20Cl2N2O/c17-13-5-4-12(15(18)8-13)10-20(14-6-7-19-9-14)16(21)11-2-1-3-11/h4-5,8,11,14,19H,1-3,6-7,9-10H2/t14-/m0/s1. The van der Waals surface area contributed by atoms with Gasteiger partial charge >= 0.3 is 0 Å². The molecule has 0 radical (unpaired) electrons. The average molecular weight is 327 g/mol. The molecule has 0 unspecified atom stereocenters. The molecule has 2 fully saturated rings. The topological polar surface area (TPSA) is 32.3 Å². The minimum atomic E-state index is 0.219. The SMILES string of the molecule is O=C(C1CCC1)N(Cc1ccc(Cl)cc1Cl)[C@H]1CCNC1. The van der Waals surface area contributed by atoms with Crippen molar-refractivity contribution in [2.45, 2.75) is 38.3 Å². The Balaban J connectivity index is 1.79. The number of rotatable bonds is 4. The van der Waals surface area contributed by atoms with Crippen LogP contribution in [0.2, 0.25) is 10.0 Å². The molecule has 1 saturated heterocycles. The van der Waals surface area contributed by atoms with Gasteiger partial charge < -0.3 is 10.2 Å². The second kappa shape index (κ2) is 6.55. The van der Waals surface area contributed by atoms with Gasteiger partial charge in [0.15, 0.2) is 0 Å². The molecule has 1 atom stereocenters. The van der Waals surface area contributed by atoms with E-state index in [1.165, 1.54) is 6.42 Å². The van der Waals surface area contributed by atoms with Gasteiger partial charge in [-0.25, -0.2) is 0 Å². The van der Waals surface area contributed by atoms with Crippen LogP contribution in [0.3, 0.4) is 0 Å². The van der Waals surface area contributed by atoms with Gasteiger partial charge in [0, 0.05) is 35.1 Å². The van der Waals surface area contributed by atoms with Crippen LogP contribution in [-0.4, -0.2) is 29.9 Å². The Labute approximate surface area is 135 Å². The lowest BCUT2D eigenvalue weighted by Crippen LogP contribution is -2.45. The number of nitrogens with zero attached hydrogens (tertiary/aromatic N) is 1. The van der Waals surface area contributed by atoms with Gasteiger partial charge in [-0.2, -0.15) is 0 Å². The maximum atomic E-state index is 12.7. The first-order valence-electron chi connectivity index (χ1n) is 7.60. The van der Waals surface area contributed by atoms with Crippen molar-refractivity contribution in [1.82, 2.24) is 10.2 Å². The van der Waals surface area contributed by atoms with Crippen LogP contribution >= 0.6 is 23.2 Å². The van der Waals surface area contributed by atoms with Crippen LogP contribution in [0.1, 0.15) is 31.2 Å². The van der Waals surface area contributed by atoms with Gasteiger partial charge in [0.25, 0.3) is 0 Å². The first-order valence-corrected chi connectivity index (χ1v) is 8.36. The highest BCUT2D eigenvalue weighted by atomic mass is 35.5. The molecule has 0 aromatic heterocycles. The van der Waals surface area contributed by atoms with E-state index in [0.717, 1.165) is 37.9 Å². The summed E-state index contributed by atoms with van der Waals surface area (Å²) in [5, 5.41) is 4.61. The molecule has 1 amide bonds. The Bertz CT molecular complexity index is 525. The lowest BCUT2D eigenvalue weighted by Gasteiger charge is -2.35. The van der Waals surface area contributed by atoms with E-state index >= 15 is 0 Å². The summed E-state index contributed by atoms with van der Waals surface area (Å²) in [6.45, 7) is 2.44. The van der Waals surface area contributed by atoms with E-state index in [1.807, 2.05) is 17.0 Å². The number of hydrogen-bond acceptors (Lipinski definition) is 2. The normalized spacial score (nSPS) is 22.1. The molecule has 0 spiro atoms. The van der Waals surface area contributed by atoms with E-state index in [4.69, 9.17) is 23.2 Å². The van der Waals surface area contributed by atoms with Crippen molar-refractivity contribution in [3.8, 4) is 0 Å². The predicted octanol–water partition coefficient (Wildman–Crippen LogP) is 3.48. The zero-order chi connectivity index (χ0) is 14.8. The highest BCUT2D eigenvalue weighted by molar-refractivity contribution is 6.35. The molecule has 1 aliphatic carbocycles. The van der Waals surface area contributed by atoms with Crippen LogP contribution in [0.5, 0.6) is 0 Å². The van der Waals surface area contributed by atoms with Crippen molar-refractivity contribution in [3.05, 3.63) is 33.8 Å². The highest BCUT2D eigenvalue weighted by Gasteiger charge is 2.34. The van der Waals surface area contributed by atoms with Crippen molar-refractivity contribution in [3.63, 3.8) is 0 Å². The van der Waals surface area contributed by atoms with Gasteiger partial charge in [-0.3, -0.25) is 4.79 Å². The fourth-order valence-corrected chi connectivity index (χ4v) is 3.48. The average Bonchev–Trinajstić information content (AvgIpc) is 2.89. The maximum Gasteiger partial charge on any atom is 0.226 e. The minimum Gasteiger partial charge on any atom is -0.334 e. The second-order valence-electron chi connectivity index (χ2n) is 5.98. The molecule has 3 nitrogen and oxygen atoms in total. The lowest BCUT2D eigenvalue weighted by atomic mass is 9.84. The third kappa shape index (κ3) is 3.36. The second-order valence-corrected chi connectivity index (χ2v) is 6.82.